The standard InChI is InChI=1S/C25H32N6O2S/c1-18-7-8-22(19(2)15-18)27-24(32)26-9-10-30-11-13-31(14-12-30)25-28-23(29-34-25)17-20-5-4-6-21(16-20)33-3/h4-8,15-16H,9-14,17H2,1-3H3,(H2,26,27,32). The predicted molar refractivity (Wildman–Crippen MR) is 137 cm³/mol. The van der Waals surface area contributed by atoms with E-state index in [0.717, 1.165) is 66.2 Å². The van der Waals surface area contributed by atoms with Gasteiger partial charge in [-0.05, 0) is 43.2 Å². The molecule has 0 radical (unpaired) electrons. The molecule has 0 spiro atoms. The number of urea groups is 1. The van der Waals surface area contributed by atoms with Crippen LogP contribution in [0.3, 0.4) is 0 Å². The van der Waals surface area contributed by atoms with Gasteiger partial charge in [-0.15, -0.1) is 0 Å². The van der Waals surface area contributed by atoms with Crippen molar-refractivity contribution in [2.75, 3.05) is 56.6 Å². The van der Waals surface area contributed by atoms with E-state index in [-0.39, 0.29) is 6.03 Å². The van der Waals surface area contributed by atoms with Crippen molar-refractivity contribution in [2.24, 2.45) is 0 Å². The molecule has 0 bridgehead atoms. The molecule has 0 aliphatic carbocycles. The molecule has 2 heterocycles. The zero-order valence-corrected chi connectivity index (χ0v) is 20.8. The highest BCUT2D eigenvalue weighted by Gasteiger charge is 2.20. The Morgan fingerprint density at radius 3 is 2.71 bits per heavy atom. The average molecular weight is 481 g/mol. The number of anilines is 2. The number of nitrogens with one attached hydrogen (secondary N) is 2. The zero-order valence-electron chi connectivity index (χ0n) is 20.0. The first-order valence-electron chi connectivity index (χ1n) is 11.5. The van der Waals surface area contributed by atoms with Crippen molar-refractivity contribution in [1.82, 2.24) is 19.6 Å². The Morgan fingerprint density at radius 1 is 1.12 bits per heavy atom. The summed E-state index contributed by atoms with van der Waals surface area (Å²) in [7, 11) is 1.68. The van der Waals surface area contributed by atoms with Crippen molar-refractivity contribution in [1.29, 1.82) is 0 Å². The van der Waals surface area contributed by atoms with Crippen LogP contribution in [0.15, 0.2) is 42.5 Å². The Bertz CT molecular complexity index is 1110. The number of aryl methyl sites for hydroxylation is 2. The molecule has 2 N–H and O–H groups in total. The van der Waals surface area contributed by atoms with Gasteiger partial charge in [-0.2, -0.15) is 4.37 Å². The normalized spacial score (nSPS) is 14.1. The minimum atomic E-state index is -0.164. The number of ether oxygens (including phenoxy) is 1. The Morgan fingerprint density at radius 2 is 1.94 bits per heavy atom. The van der Waals surface area contributed by atoms with Gasteiger partial charge in [0.05, 0.1) is 7.11 Å². The number of aromatic nitrogens is 2. The lowest BCUT2D eigenvalue weighted by Crippen LogP contribution is -2.48. The lowest BCUT2D eigenvalue weighted by molar-refractivity contribution is 0.240. The van der Waals surface area contributed by atoms with Crippen LogP contribution in [-0.4, -0.2) is 66.7 Å². The van der Waals surface area contributed by atoms with Crippen molar-refractivity contribution >= 4 is 28.4 Å². The summed E-state index contributed by atoms with van der Waals surface area (Å²) in [6.07, 6.45) is 0.698. The fourth-order valence-electron chi connectivity index (χ4n) is 4.02. The highest BCUT2D eigenvalue weighted by atomic mass is 32.1. The molecule has 4 rings (SSSR count). The smallest absolute Gasteiger partial charge is 0.319 e. The van der Waals surface area contributed by atoms with Gasteiger partial charge in [0.25, 0.3) is 0 Å². The molecular weight excluding hydrogens is 448 g/mol. The molecule has 34 heavy (non-hydrogen) atoms. The summed E-state index contributed by atoms with van der Waals surface area (Å²) in [6.45, 7) is 9.16. The van der Waals surface area contributed by atoms with Crippen molar-refractivity contribution in [3.05, 3.63) is 65.0 Å². The molecule has 2 amide bonds. The van der Waals surface area contributed by atoms with E-state index >= 15 is 0 Å². The molecule has 180 valence electrons. The van der Waals surface area contributed by atoms with Gasteiger partial charge in [-0.25, -0.2) is 9.78 Å². The second kappa shape index (κ2) is 11.3. The molecule has 8 nitrogen and oxygen atoms in total. The number of amides is 2. The first-order valence-corrected chi connectivity index (χ1v) is 12.3. The molecule has 0 atom stereocenters. The van der Waals surface area contributed by atoms with Crippen molar-refractivity contribution in [3.63, 3.8) is 0 Å². The first kappa shape index (κ1) is 24.0. The van der Waals surface area contributed by atoms with Crippen LogP contribution < -0.4 is 20.3 Å². The zero-order chi connectivity index (χ0) is 23.9. The van der Waals surface area contributed by atoms with E-state index in [1.165, 1.54) is 17.1 Å². The van der Waals surface area contributed by atoms with Gasteiger partial charge in [0.2, 0.25) is 5.13 Å². The fourth-order valence-corrected chi connectivity index (χ4v) is 4.76. The number of rotatable bonds is 8. The molecule has 1 aliphatic rings. The van der Waals surface area contributed by atoms with Gasteiger partial charge in [0.15, 0.2) is 0 Å². The summed E-state index contributed by atoms with van der Waals surface area (Å²) in [5, 5.41) is 6.87. The third kappa shape index (κ3) is 6.45. The fraction of sp³-hybridized carbons (Fsp3) is 0.400. The SMILES string of the molecule is COc1cccc(Cc2nsc(N3CCN(CCNC(=O)Nc4ccc(C)cc4C)CC3)n2)c1. The quantitative estimate of drug-likeness (QED) is 0.512. The van der Waals surface area contributed by atoms with Crippen LogP contribution in [-0.2, 0) is 6.42 Å². The maximum Gasteiger partial charge on any atom is 0.319 e. The highest BCUT2D eigenvalue weighted by molar-refractivity contribution is 7.09. The Kier molecular flexibility index (Phi) is 7.97. The summed E-state index contributed by atoms with van der Waals surface area (Å²) >= 11 is 1.46. The molecule has 9 heteroatoms. The highest BCUT2D eigenvalue weighted by Crippen LogP contribution is 2.22. The Labute approximate surface area is 205 Å². The van der Waals surface area contributed by atoms with E-state index < -0.39 is 0 Å². The van der Waals surface area contributed by atoms with Crippen LogP contribution >= 0.6 is 11.5 Å². The van der Waals surface area contributed by atoms with Crippen LogP contribution in [0.2, 0.25) is 0 Å². The number of nitrogens with zero attached hydrogens (tertiary/aromatic N) is 4. The summed E-state index contributed by atoms with van der Waals surface area (Å²) in [5.74, 6) is 1.69. The maximum absolute atomic E-state index is 12.2. The number of hydrogen-bond donors (Lipinski definition) is 2. The molecule has 1 aromatic heterocycles. The number of benzene rings is 2. The van der Waals surface area contributed by atoms with Crippen molar-refractivity contribution in [3.8, 4) is 5.75 Å². The predicted octanol–water partition coefficient (Wildman–Crippen LogP) is 3.70. The van der Waals surface area contributed by atoms with E-state index in [1.807, 2.05) is 44.2 Å². The second-order valence-corrected chi connectivity index (χ2v) is 9.28. The lowest BCUT2D eigenvalue weighted by Gasteiger charge is -2.34. The van der Waals surface area contributed by atoms with Gasteiger partial charge < -0.3 is 20.3 Å². The van der Waals surface area contributed by atoms with Crippen LogP contribution in [0.25, 0.3) is 0 Å². The minimum Gasteiger partial charge on any atom is -0.497 e. The molecular formula is C25H32N6O2S. The van der Waals surface area contributed by atoms with Gasteiger partial charge in [-0.3, -0.25) is 4.90 Å². The van der Waals surface area contributed by atoms with Crippen LogP contribution in [0.5, 0.6) is 5.75 Å². The second-order valence-electron chi connectivity index (χ2n) is 8.55. The molecule has 3 aromatic rings. The number of piperazine rings is 1. The monoisotopic (exact) mass is 480 g/mol. The Hall–Kier alpha value is -3.17. The minimum absolute atomic E-state index is 0.164. The molecule has 2 aromatic carbocycles. The van der Waals surface area contributed by atoms with E-state index in [4.69, 9.17) is 9.72 Å². The van der Waals surface area contributed by atoms with Gasteiger partial charge >= 0.3 is 6.03 Å². The van der Waals surface area contributed by atoms with Gasteiger partial charge in [-0.1, -0.05) is 29.8 Å². The van der Waals surface area contributed by atoms with Crippen LogP contribution in [0, 0.1) is 13.8 Å². The number of methoxy groups -OCH3 is 1. The summed E-state index contributed by atoms with van der Waals surface area (Å²) in [4.78, 5) is 21.6. The maximum atomic E-state index is 12.2. The van der Waals surface area contributed by atoms with Crippen LogP contribution in [0.4, 0.5) is 15.6 Å². The van der Waals surface area contributed by atoms with Gasteiger partial charge in [0, 0.05) is 62.9 Å². The van der Waals surface area contributed by atoms with Crippen molar-refractivity contribution in [2.45, 2.75) is 20.3 Å². The summed E-state index contributed by atoms with van der Waals surface area (Å²) in [6, 6.07) is 13.9. The van der Waals surface area contributed by atoms with E-state index in [9.17, 15) is 4.79 Å². The van der Waals surface area contributed by atoms with Crippen LogP contribution in [0.1, 0.15) is 22.5 Å². The molecule has 0 unspecified atom stereocenters. The lowest BCUT2D eigenvalue weighted by atomic mass is 10.1. The third-order valence-electron chi connectivity index (χ3n) is 5.94. The number of hydrogen-bond acceptors (Lipinski definition) is 7. The van der Waals surface area contributed by atoms with Gasteiger partial charge in [0.1, 0.15) is 11.6 Å². The summed E-state index contributed by atoms with van der Waals surface area (Å²) < 4.78 is 9.86. The first-order chi connectivity index (χ1) is 16.5. The van der Waals surface area contributed by atoms with E-state index in [0.29, 0.717) is 13.0 Å². The largest absolute Gasteiger partial charge is 0.497 e. The number of carbonyl (C=O) groups excluding carboxylic acids is 1. The summed E-state index contributed by atoms with van der Waals surface area (Å²) in [5.41, 5.74) is 4.24. The molecule has 0 saturated carbocycles. The number of carbonyl (C=O) groups is 1. The Balaban J connectivity index is 1.18. The average Bonchev–Trinajstić information content (AvgIpc) is 3.30. The van der Waals surface area contributed by atoms with Crippen molar-refractivity contribution < 1.29 is 9.53 Å². The van der Waals surface area contributed by atoms with E-state index in [2.05, 4.69) is 36.9 Å². The van der Waals surface area contributed by atoms with E-state index in [1.54, 1.807) is 7.11 Å². The molecule has 1 fully saturated rings. The topological polar surface area (TPSA) is 82.6 Å². The molecule has 1 saturated heterocycles. The third-order valence-corrected chi connectivity index (χ3v) is 6.76. The molecule has 1 aliphatic heterocycles.